The van der Waals surface area contributed by atoms with Crippen molar-refractivity contribution in [3.8, 4) is 0 Å². The highest BCUT2D eigenvalue weighted by molar-refractivity contribution is 4.59. The number of rotatable bonds is 0. The van der Waals surface area contributed by atoms with Crippen molar-refractivity contribution in [1.29, 1.82) is 0 Å². The molecule has 1 heteroatoms. The molecule has 0 saturated carbocycles. The lowest BCUT2D eigenvalue weighted by atomic mass is 10.4. The summed E-state index contributed by atoms with van der Waals surface area (Å²) in [6.07, 6.45) is 2.28. The van der Waals surface area contributed by atoms with Crippen molar-refractivity contribution in [1.82, 2.24) is 4.90 Å². The second-order valence-electron chi connectivity index (χ2n) is 1.81. The summed E-state index contributed by atoms with van der Waals surface area (Å²) in [6, 6.07) is 0. The number of hydrogen-bond acceptors (Lipinski definition) is 1. The molecule has 1 aliphatic rings. The molecule has 1 rings (SSSR count). The molecule has 1 saturated heterocycles. The standard InChI is InChI=1S/C5H11N/c1-6-4-2-3-5-6/h2-5H2,1H3/i4D/t4-/m1/s1. The molecule has 0 aromatic rings. The fraction of sp³-hybridized carbons (Fsp3) is 1.00. The lowest BCUT2D eigenvalue weighted by molar-refractivity contribution is 0.418. The van der Waals surface area contributed by atoms with Gasteiger partial charge >= 0.3 is 0 Å². The van der Waals surface area contributed by atoms with E-state index in [1.54, 1.807) is 0 Å². The summed E-state index contributed by atoms with van der Waals surface area (Å²) >= 11 is 0. The summed E-state index contributed by atoms with van der Waals surface area (Å²) in [5.41, 5.74) is 0. The number of nitrogens with zero attached hydrogens (tertiary/aromatic N) is 1. The van der Waals surface area contributed by atoms with Crippen LogP contribution in [0, 0.1) is 0 Å². The fourth-order valence-electron chi connectivity index (χ4n) is 0.744. The first-order valence-corrected chi connectivity index (χ1v) is 2.43. The maximum absolute atomic E-state index is 7.26. The normalized spacial score (nSPS) is 40.2. The van der Waals surface area contributed by atoms with Gasteiger partial charge in [-0.25, -0.2) is 0 Å². The Morgan fingerprint density at radius 2 is 2.50 bits per heavy atom. The summed E-state index contributed by atoms with van der Waals surface area (Å²) in [6.45, 7) is 1.22. The van der Waals surface area contributed by atoms with Gasteiger partial charge in [-0.1, -0.05) is 0 Å². The van der Waals surface area contributed by atoms with E-state index < -0.39 is 0 Å². The zero-order valence-corrected chi connectivity index (χ0v) is 4.15. The highest BCUT2D eigenvalue weighted by Gasteiger charge is 2.03. The van der Waals surface area contributed by atoms with Crippen molar-refractivity contribution in [3.63, 3.8) is 0 Å². The minimum absolute atomic E-state index is 0.0972. The first-order valence-electron chi connectivity index (χ1n) is 3.01. The molecule has 0 radical (unpaired) electrons. The molecule has 1 aliphatic heterocycles. The summed E-state index contributed by atoms with van der Waals surface area (Å²) in [7, 11) is 2.00. The van der Waals surface area contributed by atoms with Crippen LogP contribution in [0.3, 0.4) is 0 Å². The van der Waals surface area contributed by atoms with Gasteiger partial charge in [-0.2, -0.15) is 0 Å². The van der Waals surface area contributed by atoms with Crippen molar-refractivity contribution in [3.05, 3.63) is 0 Å². The summed E-state index contributed by atoms with van der Waals surface area (Å²) < 4.78 is 7.26. The molecule has 0 aromatic carbocycles. The van der Waals surface area contributed by atoms with Crippen molar-refractivity contribution in [2.75, 3.05) is 20.1 Å². The zero-order valence-electron chi connectivity index (χ0n) is 5.15. The Morgan fingerprint density at radius 3 is 2.67 bits per heavy atom. The summed E-state index contributed by atoms with van der Waals surface area (Å²) in [4.78, 5) is 2.07. The predicted molar refractivity (Wildman–Crippen MR) is 26.7 cm³/mol. The van der Waals surface area contributed by atoms with Crippen molar-refractivity contribution < 1.29 is 1.37 Å². The molecule has 1 fully saturated rings. The molecule has 1 atom stereocenters. The van der Waals surface area contributed by atoms with Crippen molar-refractivity contribution >= 4 is 0 Å². The van der Waals surface area contributed by atoms with Crippen LogP contribution in [0.2, 0.25) is 0 Å². The van der Waals surface area contributed by atoms with Gasteiger partial charge in [0.05, 0.1) is 0 Å². The smallest absolute Gasteiger partial charge is 0.0430 e. The van der Waals surface area contributed by atoms with Crippen LogP contribution in [0.1, 0.15) is 14.2 Å². The van der Waals surface area contributed by atoms with E-state index in [1.807, 2.05) is 7.05 Å². The Hall–Kier alpha value is -0.0400. The summed E-state index contributed by atoms with van der Waals surface area (Å²) in [5, 5.41) is 0. The van der Waals surface area contributed by atoms with Crippen LogP contribution in [0.25, 0.3) is 0 Å². The van der Waals surface area contributed by atoms with Crippen LogP contribution in [0.15, 0.2) is 0 Å². The quantitative estimate of drug-likeness (QED) is 0.419. The number of likely N-dealkylation sites (tertiary alicyclic amines) is 1. The molecular weight excluding hydrogens is 74.1 g/mol. The van der Waals surface area contributed by atoms with Gasteiger partial charge in [0, 0.05) is 1.37 Å². The van der Waals surface area contributed by atoms with E-state index in [9.17, 15) is 0 Å². The third-order valence-electron chi connectivity index (χ3n) is 1.16. The van der Waals surface area contributed by atoms with Crippen LogP contribution in [-0.4, -0.2) is 25.0 Å². The van der Waals surface area contributed by atoms with E-state index in [2.05, 4.69) is 4.90 Å². The SMILES string of the molecule is [2H][C@@H]1CCCN1C. The lowest BCUT2D eigenvalue weighted by Crippen LogP contribution is -2.10. The van der Waals surface area contributed by atoms with E-state index in [0.717, 1.165) is 13.0 Å². The lowest BCUT2D eigenvalue weighted by Gasteiger charge is -2.01. The van der Waals surface area contributed by atoms with E-state index >= 15 is 0 Å². The first-order chi connectivity index (χ1) is 3.30. The fourth-order valence-corrected chi connectivity index (χ4v) is 0.744. The Morgan fingerprint density at radius 1 is 1.67 bits per heavy atom. The molecule has 0 spiro atoms. The molecule has 0 amide bonds. The monoisotopic (exact) mass is 86.1 g/mol. The number of hydrogen-bond donors (Lipinski definition) is 0. The van der Waals surface area contributed by atoms with Gasteiger partial charge in [0.2, 0.25) is 0 Å². The second-order valence-corrected chi connectivity index (χ2v) is 1.81. The Kier molecular flexibility index (Phi) is 0.810. The van der Waals surface area contributed by atoms with Crippen molar-refractivity contribution in [2.24, 2.45) is 0 Å². The molecule has 0 N–H and O–H groups in total. The Balaban J connectivity index is 2.33. The van der Waals surface area contributed by atoms with Gasteiger partial charge in [0.1, 0.15) is 0 Å². The molecule has 0 bridgehead atoms. The molecule has 0 aromatic heterocycles. The van der Waals surface area contributed by atoms with Gasteiger partial charge in [0.15, 0.2) is 0 Å². The van der Waals surface area contributed by atoms with Gasteiger partial charge in [0.25, 0.3) is 0 Å². The first kappa shape index (κ1) is 3.03. The highest BCUT2D eigenvalue weighted by Crippen LogP contribution is 2.01. The van der Waals surface area contributed by atoms with Gasteiger partial charge < -0.3 is 4.90 Å². The predicted octanol–water partition coefficient (Wildman–Crippen LogP) is 0.712. The maximum atomic E-state index is 7.26. The largest absolute Gasteiger partial charge is 0.306 e. The van der Waals surface area contributed by atoms with E-state index in [1.165, 1.54) is 6.42 Å². The van der Waals surface area contributed by atoms with Crippen LogP contribution in [0.5, 0.6) is 0 Å². The van der Waals surface area contributed by atoms with Crippen LogP contribution >= 0.6 is 0 Å². The molecule has 0 aliphatic carbocycles. The van der Waals surface area contributed by atoms with Gasteiger partial charge in [-0.05, 0) is 33.0 Å². The van der Waals surface area contributed by atoms with Gasteiger partial charge in [-0.3, -0.25) is 0 Å². The third-order valence-corrected chi connectivity index (χ3v) is 1.16. The minimum atomic E-state index is 0.0972. The van der Waals surface area contributed by atoms with Gasteiger partial charge in [-0.15, -0.1) is 0 Å². The molecule has 1 nitrogen and oxygen atoms in total. The Bertz CT molecular complexity index is 57.1. The molecule has 36 valence electrons. The average Bonchev–Trinajstić information content (AvgIpc) is 1.91. The van der Waals surface area contributed by atoms with E-state index in [0.29, 0.717) is 0 Å². The highest BCUT2D eigenvalue weighted by atomic mass is 15.1. The summed E-state index contributed by atoms with van der Waals surface area (Å²) in [5.74, 6) is 0. The molecule has 1 heterocycles. The van der Waals surface area contributed by atoms with Crippen LogP contribution < -0.4 is 0 Å². The second kappa shape index (κ2) is 1.61. The average molecular weight is 86.2 g/mol. The topological polar surface area (TPSA) is 3.24 Å². The Labute approximate surface area is 40.4 Å². The maximum Gasteiger partial charge on any atom is 0.0430 e. The van der Waals surface area contributed by atoms with E-state index in [4.69, 9.17) is 1.37 Å². The third kappa shape index (κ3) is 0.716. The van der Waals surface area contributed by atoms with Crippen molar-refractivity contribution in [2.45, 2.75) is 12.8 Å². The molecule has 0 unspecified atom stereocenters. The molecule has 6 heavy (non-hydrogen) atoms. The minimum Gasteiger partial charge on any atom is -0.306 e. The zero-order chi connectivity index (χ0) is 5.28. The molecular formula is C5H11N. The van der Waals surface area contributed by atoms with E-state index in [-0.39, 0.29) is 6.52 Å². The van der Waals surface area contributed by atoms with Crippen LogP contribution in [-0.2, 0) is 0 Å². The van der Waals surface area contributed by atoms with Crippen LogP contribution in [0.4, 0.5) is 0 Å².